The monoisotopic (exact) mass is 362 g/mol. The van der Waals surface area contributed by atoms with Crippen LogP contribution in [0, 0.1) is 12.3 Å². The Morgan fingerprint density at radius 1 is 1.11 bits per heavy atom. The number of rotatable bonds is 6. The van der Waals surface area contributed by atoms with Crippen LogP contribution in [0.1, 0.15) is 59.6 Å². The fraction of sp³-hybridized carbons (Fsp3) is 0.423. The molecule has 0 saturated carbocycles. The second-order valence-corrected chi connectivity index (χ2v) is 8.48. The lowest BCUT2D eigenvalue weighted by Gasteiger charge is -2.32. The van der Waals surface area contributed by atoms with Crippen LogP contribution in [-0.4, -0.2) is 0 Å². The third-order valence-corrected chi connectivity index (χ3v) is 5.55. The van der Waals surface area contributed by atoms with E-state index in [1.54, 1.807) is 5.57 Å². The maximum absolute atomic E-state index is 2.37. The number of aryl methyl sites for hydroxylation is 1. The molecule has 0 saturated heterocycles. The van der Waals surface area contributed by atoms with Crippen molar-refractivity contribution in [1.82, 2.24) is 0 Å². The van der Waals surface area contributed by atoms with E-state index in [1.807, 2.05) is 0 Å². The normalized spacial score (nSPS) is 18.7. The van der Waals surface area contributed by atoms with Gasteiger partial charge in [0.25, 0.3) is 0 Å². The summed E-state index contributed by atoms with van der Waals surface area (Å²) in [5, 5.41) is 0. The summed E-state index contributed by atoms with van der Waals surface area (Å²) in [6, 6.07) is 6.30. The molecule has 0 amide bonds. The summed E-state index contributed by atoms with van der Waals surface area (Å²) < 4.78 is 2.25. The van der Waals surface area contributed by atoms with Crippen molar-refractivity contribution < 1.29 is 4.57 Å². The van der Waals surface area contributed by atoms with Crippen LogP contribution in [0.3, 0.4) is 0 Å². The van der Waals surface area contributed by atoms with Crippen molar-refractivity contribution in [2.75, 3.05) is 0 Å². The smallest absolute Gasteiger partial charge is 0.178 e. The molecule has 27 heavy (non-hydrogen) atoms. The van der Waals surface area contributed by atoms with Crippen molar-refractivity contribution >= 4 is 0 Å². The molecule has 1 aromatic rings. The van der Waals surface area contributed by atoms with Gasteiger partial charge in [-0.05, 0) is 62.7 Å². The summed E-state index contributed by atoms with van der Waals surface area (Å²) in [7, 11) is 0. The molecule has 144 valence electrons. The van der Waals surface area contributed by atoms with Gasteiger partial charge < -0.3 is 0 Å². The van der Waals surface area contributed by atoms with Gasteiger partial charge in [0.2, 0.25) is 0 Å². The van der Waals surface area contributed by atoms with Crippen molar-refractivity contribution in [1.29, 1.82) is 0 Å². The minimum Gasteiger partial charge on any atom is -0.199 e. The van der Waals surface area contributed by atoms with Crippen LogP contribution in [0.2, 0.25) is 0 Å². The first kappa shape index (κ1) is 21.2. The summed E-state index contributed by atoms with van der Waals surface area (Å²) in [5.74, 6) is 0. The first-order valence-electron chi connectivity index (χ1n) is 10.1. The van der Waals surface area contributed by atoms with Crippen molar-refractivity contribution in [3.8, 4) is 0 Å². The van der Waals surface area contributed by atoms with Crippen LogP contribution in [-0.2, 0) is 6.54 Å². The molecule has 0 unspecified atom stereocenters. The summed E-state index contributed by atoms with van der Waals surface area (Å²) in [6.45, 7) is 14.4. The van der Waals surface area contributed by atoms with E-state index in [0.29, 0.717) is 5.41 Å². The molecule has 1 nitrogen and oxygen atoms in total. The van der Waals surface area contributed by atoms with E-state index in [9.17, 15) is 0 Å². The first-order chi connectivity index (χ1) is 12.8. The topological polar surface area (TPSA) is 3.88 Å². The third kappa shape index (κ3) is 6.50. The Bertz CT molecular complexity index is 797. The Morgan fingerprint density at radius 2 is 1.89 bits per heavy atom. The van der Waals surface area contributed by atoms with E-state index in [0.717, 1.165) is 6.54 Å². The number of nitrogens with zero attached hydrogens (tertiary/aromatic N) is 1. The Kier molecular flexibility index (Phi) is 7.59. The molecule has 1 heterocycles. The maximum Gasteiger partial charge on any atom is 0.178 e. The number of hydrogen-bond acceptors (Lipinski definition) is 0. The molecule has 0 spiro atoms. The van der Waals surface area contributed by atoms with Gasteiger partial charge in [-0.25, -0.2) is 0 Å². The molecule has 2 rings (SSSR count). The van der Waals surface area contributed by atoms with Gasteiger partial charge in [-0.2, -0.15) is 4.57 Å². The summed E-state index contributed by atoms with van der Waals surface area (Å²) in [6.07, 6.45) is 19.4. The van der Waals surface area contributed by atoms with Crippen molar-refractivity contribution in [2.45, 2.75) is 67.3 Å². The summed E-state index contributed by atoms with van der Waals surface area (Å²) in [4.78, 5) is 0. The Balaban J connectivity index is 1.98. The minimum atomic E-state index is 0.307. The second-order valence-electron chi connectivity index (χ2n) is 8.48. The standard InChI is InChI=1S/C26H36N/c1-21(15-16-25-23(3)13-10-18-26(25,5)6)11-9-12-22(2)17-20-27-19-8-7-14-24(27)4/h7-9,11-12,14-17,19H,10,13,18,20H2,1-6H3/q+1. The highest BCUT2D eigenvalue weighted by Gasteiger charge is 2.26. The third-order valence-electron chi connectivity index (χ3n) is 5.55. The fourth-order valence-electron chi connectivity index (χ4n) is 3.71. The molecule has 1 aromatic heterocycles. The van der Waals surface area contributed by atoms with Crippen molar-refractivity contribution in [3.63, 3.8) is 0 Å². The maximum atomic E-state index is 2.37. The van der Waals surface area contributed by atoms with Gasteiger partial charge in [-0.1, -0.05) is 61.4 Å². The molecule has 0 aromatic carbocycles. The molecular formula is C26H36N+. The SMILES string of the molecule is CC(C=CC1=C(C)CCCC1(C)C)=CC=CC(C)=CC[n+]1ccccc1C. The molecule has 0 aliphatic heterocycles. The average molecular weight is 363 g/mol. The van der Waals surface area contributed by atoms with Crippen LogP contribution in [0.4, 0.5) is 0 Å². The number of pyridine rings is 1. The highest BCUT2D eigenvalue weighted by Crippen LogP contribution is 2.40. The Hall–Kier alpha value is -2.15. The Labute approximate surface area is 166 Å². The predicted octanol–water partition coefficient (Wildman–Crippen LogP) is 6.81. The molecule has 0 fully saturated rings. The lowest BCUT2D eigenvalue weighted by Crippen LogP contribution is -2.35. The van der Waals surface area contributed by atoms with Crippen molar-refractivity contribution in [3.05, 3.63) is 88.8 Å². The van der Waals surface area contributed by atoms with E-state index < -0.39 is 0 Å². The average Bonchev–Trinajstić information content (AvgIpc) is 2.60. The minimum absolute atomic E-state index is 0.307. The molecule has 0 radical (unpaired) electrons. The zero-order valence-corrected chi connectivity index (χ0v) is 18.0. The molecule has 1 heteroatoms. The molecule has 1 aliphatic carbocycles. The van der Waals surface area contributed by atoms with E-state index in [-0.39, 0.29) is 0 Å². The zero-order valence-electron chi connectivity index (χ0n) is 18.0. The molecular weight excluding hydrogens is 326 g/mol. The van der Waals surface area contributed by atoms with Gasteiger partial charge >= 0.3 is 0 Å². The number of allylic oxidation sites excluding steroid dienone is 10. The fourth-order valence-corrected chi connectivity index (χ4v) is 3.71. The van der Waals surface area contributed by atoms with Crippen LogP contribution in [0.15, 0.2) is 83.1 Å². The van der Waals surface area contributed by atoms with Gasteiger partial charge in [-0.3, -0.25) is 0 Å². The molecule has 1 aliphatic rings. The molecule has 0 atom stereocenters. The quantitative estimate of drug-likeness (QED) is 0.386. The Morgan fingerprint density at radius 3 is 2.59 bits per heavy atom. The van der Waals surface area contributed by atoms with Gasteiger partial charge in [0.15, 0.2) is 18.4 Å². The summed E-state index contributed by atoms with van der Waals surface area (Å²) >= 11 is 0. The van der Waals surface area contributed by atoms with Gasteiger partial charge in [0.1, 0.15) is 0 Å². The van der Waals surface area contributed by atoms with E-state index in [1.165, 1.54) is 41.7 Å². The van der Waals surface area contributed by atoms with E-state index in [2.05, 4.69) is 107 Å². The van der Waals surface area contributed by atoms with Crippen LogP contribution in [0.25, 0.3) is 0 Å². The number of aromatic nitrogens is 1. The van der Waals surface area contributed by atoms with Crippen molar-refractivity contribution in [2.24, 2.45) is 5.41 Å². The van der Waals surface area contributed by atoms with Crippen LogP contribution >= 0.6 is 0 Å². The lowest BCUT2D eigenvalue weighted by molar-refractivity contribution is -0.693. The zero-order chi connectivity index (χ0) is 19.9. The van der Waals surface area contributed by atoms with E-state index in [4.69, 9.17) is 0 Å². The lowest BCUT2D eigenvalue weighted by atomic mass is 9.72. The molecule has 0 bridgehead atoms. The largest absolute Gasteiger partial charge is 0.199 e. The highest BCUT2D eigenvalue weighted by atomic mass is 14.9. The number of hydrogen-bond donors (Lipinski definition) is 0. The van der Waals surface area contributed by atoms with Gasteiger partial charge in [-0.15, -0.1) is 0 Å². The highest BCUT2D eigenvalue weighted by molar-refractivity contribution is 5.37. The van der Waals surface area contributed by atoms with Gasteiger partial charge in [0.05, 0.1) is 0 Å². The second kappa shape index (κ2) is 9.69. The first-order valence-corrected chi connectivity index (χ1v) is 10.1. The van der Waals surface area contributed by atoms with E-state index >= 15 is 0 Å². The van der Waals surface area contributed by atoms with Gasteiger partial charge in [0, 0.05) is 19.1 Å². The van der Waals surface area contributed by atoms with Crippen LogP contribution < -0.4 is 4.57 Å². The predicted molar refractivity (Wildman–Crippen MR) is 118 cm³/mol. The van der Waals surface area contributed by atoms with Crippen LogP contribution in [0.5, 0.6) is 0 Å². The molecule has 0 N–H and O–H groups in total. The summed E-state index contributed by atoms with van der Waals surface area (Å²) in [5.41, 5.74) is 7.23.